The van der Waals surface area contributed by atoms with Crippen LogP contribution in [0, 0.1) is 5.41 Å². The van der Waals surface area contributed by atoms with Crippen LogP contribution in [0.2, 0.25) is 0 Å². The molecule has 1 rings (SSSR count). The van der Waals surface area contributed by atoms with Crippen LogP contribution in [0.3, 0.4) is 0 Å². The summed E-state index contributed by atoms with van der Waals surface area (Å²) in [5.41, 5.74) is 4.85. The van der Waals surface area contributed by atoms with E-state index < -0.39 is 11.0 Å². The normalized spacial score (nSPS) is 27.6. The minimum atomic E-state index is -0.943. The summed E-state index contributed by atoms with van der Waals surface area (Å²) in [6, 6.07) is 0. The molecule has 0 aromatic heterocycles. The molecule has 0 heterocycles. The van der Waals surface area contributed by atoms with Crippen LogP contribution in [0.5, 0.6) is 0 Å². The molecule has 1 fully saturated rings. The number of nitrogens with one attached hydrogen (secondary N) is 1. The number of hydrogen-bond donors (Lipinski definition) is 2. The van der Waals surface area contributed by atoms with Gasteiger partial charge in [0, 0.05) is 25.0 Å². The van der Waals surface area contributed by atoms with E-state index in [1.807, 2.05) is 20.8 Å². The third-order valence-electron chi connectivity index (χ3n) is 4.16. The Morgan fingerprint density at radius 2 is 1.95 bits per heavy atom. The van der Waals surface area contributed by atoms with E-state index in [0.717, 1.165) is 0 Å². The Labute approximate surface area is 120 Å². The van der Waals surface area contributed by atoms with Crippen LogP contribution >= 0.6 is 0 Å². The van der Waals surface area contributed by atoms with Gasteiger partial charge in [-0.3, -0.25) is 9.59 Å². The molecule has 0 saturated heterocycles. The summed E-state index contributed by atoms with van der Waals surface area (Å²) in [5.74, 6) is -0.554. The Balaban J connectivity index is 2.46. The van der Waals surface area contributed by atoms with Gasteiger partial charge in [0.1, 0.15) is 5.54 Å². The van der Waals surface area contributed by atoms with Crippen LogP contribution in [0.25, 0.3) is 0 Å². The van der Waals surface area contributed by atoms with Crippen LogP contribution < -0.4 is 11.1 Å². The van der Waals surface area contributed by atoms with E-state index in [1.54, 1.807) is 6.92 Å². The molecule has 0 aromatic rings. The van der Waals surface area contributed by atoms with E-state index in [-0.39, 0.29) is 30.9 Å². The highest BCUT2D eigenvalue weighted by atomic mass is 16.5. The number of nitrogens with two attached hydrogens (primary N) is 1. The van der Waals surface area contributed by atoms with Gasteiger partial charge in [0.15, 0.2) is 0 Å². The lowest BCUT2D eigenvalue weighted by Gasteiger charge is -2.57. The second kappa shape index (κ2) is 6.54. The van der Waals surface area contributed by atoms with E-state index in [1.165, 1.54) is 0 Å². The third kappa shape index (κ3) is 3.12. The molecule has 2 unspecified atom stereocenters. The molecular formula is C14H26N2O4. The smallest absolute Gasteiger partial charge is 0.307 e. The molecule has 20 heavy (non-hydrogen) atoms. The zero-order valence-electron chi connectivity index (χ0n) is 12.8. The maximum atomic E-state index is 12.2. The van der Waals surface area contributed by atoms with Gasteiger partial charge < -0.3 is 20.5 Å². The average molecular weight is 286 g/mol. The van der Waals surface area contributed by atoms with Crippen molar-refractivity contribution in [2.75, 3.05) is 19.8 Å². The highest BCUT2D eigenvalue weighted by Gasteiger charge is 2.62. The quantitative estimate of drug-likeness (QED) is 0.668. The van der Waals surface area contributed by atoms with Crippen molar-refractivity contribution in [2.45, 2.75) is 52.2 Å². The highest BCUT2D eigenvalue weighted by Crippen LogP contribution is 2.49. The van der Waals surface area contributed by atoms with Gasteiger partial charge in [-0.05, 0) is 13.8 Å². The number of amides is 1. The van der Waals surface area contributed by atoms with Gasteiger partial charge in [-0.2, -0.15) is 0 Å². The standard InChI is InChI=1S/C14H26N2O4/c1-5-19-10-9-14(15,13(10,3)4)12(18)16-8-7-11(17)20-6-2/h10H,5-9,15H2,1-4H3,(H,16,18). The predicted octanol–water partition coefficient (Wildman–Crippen LogP) is 0.588. The fourth-order valence-corrected chi connectivity index (χ4v) is 2.49. The molecule has 116 valence electrons. The Bertz CT molecular complexity index is 370. The van der Waals surface area contributed by atoms with Crippen molar-refractivity contribution in [1.82, 2.24) is 5.32 Å². The molecule has 1 aliphatic rings. The van der Waals surface area contributed by atoms with Gasteiger partial charge in [0.25, 0.3) is 0 Å². The fraction of sp³-hybridized carbons (Fsp3) is 0.857. The lowest BCUT2D eigenvalue weighted by atomic mass is 9.54. The molecule has 0 aliphatic heterocycles. The third-order valence-corrected chi connectivity index (χ3v) is 4.16. The molecular weight excluding hydrogens is 260 g/mol. The fourth-order valence-electron chi connectivity index (χ4n) is 2.49. The first-order valence-electron chi connectivity index (χ1n) is 7.14. The van der Waals surface area contributed by atoms with Crippen LogP contribution in [0.1, 0.15) is 40.5 Å². The van der Waals surface area contributed by atoms with Gasteiger partial charge in [-0.1, -0.05) is 13.8 Å². The zero-order chi connectivity index (χ0) is 15.4. The lowest BCUT2D eigenvalue weighted by molar-refractivity contribution is -0.170. The van der Waals surface area contributed by atoms with Gasteiger partial charge in [-0.25, -0.2) is 0 Å². The number of carbonyl (C=O) groups excluding carboxylic acids is 2. The molecule has 0 aromatic carbocycles. The maximum Gasteiger partial charge on any atom is 0.307 e. The summed E-state index contributed by atoms with van der Waals surface area (Å²) in [6.45, 7) is 8.73. The summed E-state index contributed by atoms with van der Waals surface area (Å²) in [4.78, 5) is 23.4. The summed E-state index contributed by atoms with van der Waals surface area (Å²) >= 11 is 0. The lowest BCUT2D eigenvalue weighted by Crippen LogP contribution is -2.75. The van der Waals surface area contributed by atoms with Crippen molar-refractivity contribution in [3.8, 4) is 0 Å². The van der Waals surface area contributed by atoms with Gasteiger partial charge >= 0.3 is 5.97 Å². The molecule has 6 nitrogen and oxygen atoms in total. The molecule has 1 aliphatic carbocycles. The van der Waals surface area contributed by atoms with Crippen molar-refractivity contribution >= 4 is 11.9 Å². The van der Waals surface area contributed by atoms with E-state index in [0.29, 0.717) is 19.6 Å². The molecule has 6 heteroatoms. The number of carbonyl (C=O) groups is 2. The predicted molar refractivity (Wildman–Crippen MR) is 75.0 cm³/mol. The number of rotatable bonds is 7. The Hall–Kier alpha value is -1.14. The van der Waals surface area contributed by atoms with Gasteiger partial charge in [-0.15, -0.1) is 0 Å². The van der Waals surface area contributed by atoms with Crippen molar-refractivity contribution in [1.29, 1.82) is 0 Å². The Morgan fingerprint density at radius 1 is 1.30 bits per heavy atom. The summed E-state index contributed by atoms with van der Waals surface area (Å²) in [7, 11) is 0. The van der Waals surface area contributed by atoms with Crippen molar-refractivity contribution in [3.63, 3.8) is 0 Å². The first-order chi connectivity index (χ1) is 9.29. The molecule has 1 saturated carbocycles. The molecule has 0 bridgehead atoms. The maximum absolute atomic E-state index is 12.2. The first kappa shape index (κ1) is 16.9. The van der Waals surface area contributed by atoms with Crippen molar-refractivity contribution in [3.05, 3.63) is 0 Å². The van der Waals surface area contributed by atoms with Crippen molar-refractivity contribution in [2.24, 2.45) is 11.1 Å². The van der Waals surface area contributed by atoms with Crippen LogP contribution in [0.15, 0.2) is 0 Å². The number of ether oxygens (including phenoxy) is 2. The largest absolute Gasteiger partial charge is 0.466 e. The summed E-state index contributed by atoms with van der Waals surface area (Å²) < 4.78 is 10.4. The van der Waals surface area contributed by atoms with E-state index in [9.17, 15) is 9.59 Å². The molecule has 2 atom stereocenters. The first-order valence-corrected chi connectivity index (χ1v) is 7.14. The SMILES string of the molecule is CCOC(=O)CCNC(=O)C1(N)CC(OCC)C1(C)C. The van der Waals surface area contributed by atoms with E-state index >= 15 is 0 Å². The summed E-state index contributed by atoms with van der Waals surface area (Å²) in [6.07, 6.45) is 0.651. The zero-order valence-corrected chi connectivity index (χ0v) is 12.8. The summed E-state index contributed by atoms with van der Waals surface area (Å²) in [5, 5.41) is 2.71. The molecule has 3 N–H and O–H groups in total. The second-order valence-corrected chi connectivity index (χ2v) is 5.65. The van der Waals surface area contributed by atoms with Gasteiger partial charge in [0.05, 0.1) is 19.1 Å². The topological polar surface area (TPSA) is 90.7 Å². The van der Waals surface area contributed by atoms with Gasteiger partial charge in [0.2, 0.25) is 5.91 Å². The highest BCUT2D eigenvalue weighted by molar-refractivity contribution is 5.89. The molecule has 1 amide bonds. The average Bonchev–Trinajstić information content (AvgIpc) is 2.38. The molecule has 0 radical (unpaired) electrons. The second-order valence-electron chi connectivity index (χ2n) is 5.65. The molecule has 0 spiro atoms. The Morgan fingerprint density at radius 3 is 2.45 bits per heavy atom. The number of esters is 1. The van der Waals surface area contributed by atoms with Crippen LogP contribution in [-0.4, -0.2) is 43.3 Å². The Kier molecular flexibility index (Phi) is 5.53. The van der Waals surface area contributed by atoms with Crippen molar-refractivity contribution < 1.29 is 19.1 Å². The number of hydrogen-bond acceptors (Lipinski definition) is 5. The minimum absolute atomic E-state index is 0.00620. The van der Waals surface area contributed by atoms with E-state index in [4.69, 9.17) is 15.2 Å². The van der Waals surface area contributed by atoms with E-state index in [2.05, 4.69) is 5.32 Å². The minimum Gasteiger partial charge on any atom is -0.466 e. The van der Waals surface area contributed by atoms with Crippen LogP contribution in [-0.2, 0) is 19.1 Å². The monoisotopic (exact) mass is 286 g/mol. The van der Waals surface area contributed by atoms with Crippen LogP contribution in [0.4, 0.5) is 0 Å².